The van der Waals surface area contributed by atoms with E-state index in [9.17, 15) is 17.6 Å². The molecule has 24 heavy (non-hydrogen) atoms. The Morgan fingerprint density at radius 2 is 1.92 bits per heavy atom. The van der Waals surface area contributed by atoms with E-state index in [0.29, 0.717) is 12.1 Å². The maximum absolute atomic E-state index is 13.9. The summed E-state index contributed by atoms with van der Waals surface area (Å²) in [6.07, 6.45) is -0.503. The number of methoxy groups -OCH3 is 1. The number of ether oxygens (including phenoxy) is 1. The molecule has 2 rings (SSSR count). The van der Waals surface area contributed by atoms with Crippen LogP contribution in [-0.2, 0) is 6.18 Å². The minimum atomic E-state index is -4.86. The molecule has 0 unspecified atom stereocenters. The van der Waals surface area contributed by atoms with Gasteiger partial charge in [0.1, 0.15) is 17.4 Å². The lowest BCUT2D eigenvalue weighted by atomic mass is 9.96. The smallest absolute Gasteiger partial charge is 0.419 e. The average molecular weight is 342 g/mol. The van der Waals surface area contributed by atoms with Crippen molar-refractivity contribution in [1.29, 1.82) is 5.41 Å². The van der Waals surface area contributed by atoms with Crippen LogP contribution in [0, 0.1) is 11.2 Å². The zero-order valence-electron chi connectivity index (χ0n) is 12.5. The van der Waals surface area contributed by atoms with Gasteiger partial charge in [-0.1, -0.05) is 0 Å². The van der Waals surface area contributed by atoms with Crippen molar-refractivity contribution in [2.45, 2.75) is 6.18 Å². The fraction of sp³-hybridized carbons (Fsp3) is 0.133. The molecule has 128 valence electrons. The first-order chi connectivity index (χ1) is 11.2. The van der Waals surface area contributed by atoms with Gasteiger partial charge in [-0.3, -0.25) is 5.41 Å². The molecule has 0 radical (unpaired) electrons. The SMILES string of the molecule is COc1cc(C(F)(F)F)c(F)cc1/C(N)=C1\C=CNC=C1C(=N)N. The van der Waals surface area contributed by atoms with Crippen LogP contribution in [0.2, 0.25) is 0 Å². The van der Waals surface area contributed by atoms with E-state index in [1.165, 1.54) is 18.5 Å². The Balaban J connectivity index is 2.67. The van der Waals surface area contributed by atoms with Crippen LogP contribution in [0.5, 0.6) is 5.75 Å². The minimum absolute atomic E-state index is 0.0707. The molecule has 1 aromatic rings. The van der Waals surface area contributed by atoms with Gasteiger partial charge in [0.05, 0.1) is 18.4 Å². The molecule has 0 saturated carbocycles. The van der Waals surface area contributed by atoms with Crippen LogP contribution in [-0.4, -0.2) is 12.9 Å². The summed E-state index contributed by atoms with van der Waals surface area (Å²) in [6, 6.07) is 1.19. The molecule has 0 atom stereocenters. The number of nitrogens with two attached hydrogens (primary N) is 2. The predicted molar refractivity (Wildman–Crippen MR) is 81.3 cm³/mol. The second-order valence-corrected chi connectivity index (χ2v) is 4.83. The molecular formula is C15H14F4N4O. The zero-order valence-corrected chi connectivity index (χ0v) is 12.5. The van der Waals surface area contributed by atoms with Crippen LogP contribution < -0.4 is 21.5 Å². The molecule has 0 saturated heterocycles. The van der Waals surface area contributed by atoms with E-state index in [-0.39, 0.29) is 34.0 Å². The first kappa shape index (κ1) is 17.4. The number of halogens is 4. The van der Waals surface area contributed by atoms with Crippen molar-refractivity contribution in [3.8, 4) is 5.75 Å². The summed E-state index contributed by atoms with van der Waals surface area (Å²) in [5, 5.41) is 10.2. The first-order valence-electron chi connectivity index (χ1n) is 6.59. The fourth-order valence-electron chi connectivity index (χ4n) is 2.18. The number of benzene rings is 1. The lowest BCUT2D eigenvalue weighted by Crippen LogP contribution is -2.21. The molecule has 1 aliphatic rings. The molecule has 6 N–H and O–H groups in total. The van der Waals surface area contributed by atoms with Gasteiger partial charge in [-0.25, -0.2) is 4.39 Å². The van der Waals surface area contributed by atoms with Gasteiger partial charge < -0.3 is 21.5 Å². The van der Waals surface area contributed by atoms with Gasteiger partial charge in [-0.15, -0.1) is 0 Å². The van der Waals surface area contributed by atoms with E-state index in [1.807, 2.05) is 0 Å². The van der Waals surface area contributed by atoms with Crippen molar-refractivity contribution in [1.82, 2.24) is 5.32 Å². The normalized spacial score (nSPS) is 16.3. The average Bonchev–Trinajstić information content (AvgIpc) is 2.52. The summed E-state index contributed by atoms with van der Waals surface area (Å²) in [4.78, 5) is 0. The number of alkyl halides is 3. The van der Waals surface area contributed by atoms with Gasteiger partial charge in [-0.05, 0) is 18.2 Å². The van der Waals surface area contributed by atoms with Crippen molar-refractivity contribution >= 4 is 11.5 Å². The van der Waals surface area contributed by atoms with Crippen LogP contribution >= 0.6 is 0 Å². The summed E-state index contributed by atoms with van der Waals surface area (Å²) in [5.41, 5.74) is 10.3. The Bertz CT molecular complexity index is 778. The second kappa shape index (κ2) is 6.26. The van der Waals surface area contributed by atoms with E-state index in [2.05, 4.69) is 5.32 Å². The minimum Gasteiger partial charge on any atom is -0.496 e. The molecule has 0 spiro atoms. The highest BCUT2D eigenvalue weighted by Gasteiger charge is 2.35. The van der Waals surface area contributed by atoms with Gasteiger partial charge in [0.25, 0.3) is 0 Å². The largest absolute Gasteiger partial charge is 0.496 e. The molecular weight excluding hydrogens is 328 g/mol. The molecule has 0 amide bonds. The summed E-state index contributed by atoms with van der Waals surface area (Å²) in [6.45, 7) is 0. The van der Waals surface area contributed by atoms with E-state index in [4.69, 9.17) is 21.6 Å². The Labute approximate surface area is 134 Å². The summed E-state index contributed by atoms with van der Waals surface area (Å²) in [5.74, 6) is -2.03. The topological polar surface area (TPSA) is 97.1 Å². The highest BCUT2D eigenvalue weighted by atomic mass is 19.4. The number of hydrogen-bond donors (Lipinski definition) is 4. The number of amidine groups is 1. The molecule has 9 heteroatoms. The third kappa shape index (κ3) is 3.19. The van der Waals surface area contributed by atoms with Gasteiger partial charge in [0, 0.05) is 29.1 Å². The van der Waals surface area contributed by atoms with Crippen molar-refractivity contribution in [2.75, 3.05) is 7.11 Å². The number of dihydropyridines is 1. The molecule has 1 heterocycles. The molecule has 1 aromatic carbocycles. The van der Waals surface area contributed by atoms with Gasteiger partial charge in [-0.2, -0.15) is 13.2 Å². The molecule has 0 bridgehead atoms. The summed E-state index contributed by atoms with van der Waals surface area (Å²) in [7, 11) is 1.15. The quantitative estimate of drug-likeness (QED) is 0.385. The first-order valence-corrected chi connectivity index (χ1v) is 6.59. The van der Waals surface area contributed by atoms with Crippen molar-refractivity contribution in [3.05, 3.63) is 58.7 Å². The second-order valence-electron chi connectivity index (χ2n) is 4.83. The number of allylic oxidation sites excluding steroid dienone is 1. The summed E-state index contributed by atoms with van der Waals surface area (Å²) < 4.78 is 57.2. The van der Waals surface area contributed by atoms with Crippen LogP contribution in [0.25, 0.3) is 5.70 Å². The van der Waals surface area contributed by atoms with Gasteiger partial charge in [0.15, 0.2) is 0 Å². The van der Waals surface area contributed by atoms with Crippen molar-refractivity contribution in [3.63, 3.8) is 0 Å². The molecule has 0 fully saturated rings. The van der Waals surface area contributed by atoms with Crippen LogP contribution in [0.15, 0.2) is 41.8 Å². The molecule has 0 aromatic heterocycles. The van der Waals surface area contributed by atoms with Gasteiger partial charge in [0.2, 0.25) is 0 Å². The lowest BCUT2D eigenvalue weighted by molar-refractivity contribution is -0.140. The molecule has 0 aliphatic carbocycles. The van der Waals surface area contributed by atoms with E-state index >= 15 is 0 Å². The van der Waals surface area contributed by atoms with Crippen LogP contribution in [0.3, 0.4) is 0 Å². The van der Waals surface area contributed by atoms with Gasteiger partial charge >= 0.3 is 6.18 Å². The van der Waals surface area contributed by atoms with Crippen LogP contribution in [0.1, 0.15) is 11.1 Å². The third-order valence-corrected chi connectivity index (χ3v) is 3.33. The van der Waals surface area contributed by atoms with Crippen molar-refractivity contribution < 1.29 is 22.3 Å². The Kier molecular flexibility index (Phi) is 4.54. The lowest BCUT2D eigenvalue weighted by Gasteiger charge is -2.18. The predicted octanol–water partition coefficient (Wildman–Crippen LogP) is 2.46. The molecule has 5 nitrogen and oxygen atoms in total. The Morgan fingerprint density at radius 3 is 2.46 bits per heavy atom. The van der Waals surface area contributed by atoms with Crippen molar-refractivity contribution in [2.24, 2.45) is 11.5 Å². The highest BCUT2D eigenvalue weighted by Crippen LogP contribution is 2.37. The fourth-order valence-corrected chi connectivity index (χ4v) is 2.18. The maximum Gasteiger partial charge on any atom is 0.419 e. The number of nitrogens with one attached hydrogen (secondary N) is 2. The van der Waals surface area contributed by atoms with E-state index < -0.39 is 17.6 Å². The third-order valence-electron chi connectivity index (χ3n) is 3.33. The number of rotatable bonds is 3. The molecule has 1 aliphatic heterocycles. The zero-order chi connectivity index (χ0) is 18.1. The standard InChI is InChI=1S/C15H14F4N4O/c1-24-12-5-10(15(17,18)19)11(16)4-8(12)13(20)7-2-3-23-6-9(7)14(21)22/h2-6,23H,20H2,1H3,(H3,21,22)/b13-7-. The summed E-state index contributed by atoms with van der Waals surface area (Å²) >= 11 is 0. The van der Waals surface area contributed by atoms with E-state index in [0.717, 1.165) is 7.11 Å². The van der Waals surface area contributed by atoms with Crippen LogP contribution in [0.4, 0.5) is 17.6 Å². The monoisotopic (exact) mass is 342 g/mol. The Hall–Kier alpha value is -2.97. The number of hydrogen-bond acceptors (Lipinski definition) is 4. The maximum atomic E-state index is 13.9. The highest BCUT2D eigenvalue weighted by molar-refractivity contribution is 6.02. The van der Waals surface area contributed by atoms with E-state index in [1.54, 1.807) is 0 Å². The Morgan fingerprint density at radius 1 is 1.25 bits per heavy atom.